The number of aromatic amines is 2. The standard InChI is InChI=1S/C16H13FN2OS/c1-21-13-8-4-10(5-9-13)14-15(18-19-16(14)20)11-2-6-12(17)7-3-11/h2-9H,1H3,(H2,18,19,20). The van der Waals surface area contributed by atoms with Gasteiger partial charge in [0.2, 0.25) is 0 Å². The normalized spacial score (nSPS) is 10.8. The third kappa shape index (κ3) is 2.64. The van der Waals surface area contributed by atoms with E-state index in [0.29, 0.717) is 11.3 Å². The van der Waals surface area contributed by atoms with Gasteiger partial charge < -0.3 is 0 Å². The summed E-state index contributed by atoms with van der Waals surface area (Å²) in [7, 11) is 0. The van der Waals surface area contributed by atoms with Gasteiger partial charge in [-0.15, -0.1) is 11.8 Å². The predicted molar refractivity (Wildman–Crippen MR) is 84.0 cm³/mol. The van der Waals surface area contributed by atoms with Crippen LogP contribution in [0.4, 0.5) is 4.39 Å². The van der Waals surface area contributed by atoms with Crippen LogP contribution in [0.3, 0.4) is 0 Å². The lowest BCUT2D eigenvalue weighted by Crippen LogP contribution is -2.01. The van der Waals surface area contributed by atoms with E-state index in [2.05, 4.69) is 10.2 Å². The van der Waals surface area contributed by atoms with Crippen LogP contribution in [0.15, 0.2) is 58.2 Å². The summed E-state index contributed by atoms with van der Waals surface area (Å²) in [5, 5.41) is 5.47. The fourth-order valence-electron chi connectivity index (χ4n) is 2.22. The Morgan fingerprint density at radius 2 is 1.52 bits per heavy atom. The second-order valence-corrected chi connectivity index (χ2v) is 5.44. The summed E-state index contributed by atoms with van der Waals surface area (Å²) in [5.74, 6) is -0.303. The second kappa shape index (κ2) is 5.61. The molecule has 0 aliphatic heterocycles. The monoisotopic (exact) mass is 300 g/mol. The molecule has 1 heterocycles. The molecule has 5 heteroatoms. The van der Waals surface area contributed by atoms with E-state index in [1.807, 2.05) is 30.5 Å². The molecule has 21 heavy (non-hydrogen) atoms. The highest BCUT2D eigenvalue weighted by Gasteiger charge is 2.14. The van der Waals surface area contributed by atoms with Gasteiger partial charge in [-0.3, -0.25) is 15.0 Å². The van der Waals surface area contributed by atoms with E-state index in [0.717, 1.165) is 16.0 Å². The summed E-state index contributed by atoms with van der Waals surface area (Å²) >= 11 is 1.65. The number of hydrogen-bond acceptors (Lipinski definition) is 2. The van der Waals surface area contributed by atoms with Gasteiger partial charge in [-0.2, -0.15) is 0 Å². The quantitative estimate of drug-likeness (QED) is 0.721. The van der Waals surface area contributed by atoms with Crippen molar-refractivity contribution in [3.8, 4) is 22.4 Å². The average molecular weight is 300 g/mol. The van der Waals surface area contributed by atoms with E-state index < -0.39 is 0 Å². The molecule has 3 nitrogen and oxygen atoms in total. The Morgan fingerprint density at radius 1 is 0.905 bits per heavy atom. The molecular formula is C16H13FN2OS. The Morgan fingerprint density at radius 3 is 2.14 bits per heavy atom. The second-order valence-electron chi connectivity index (χ2n) is 4.56. The smallest absolute Gasteiger partial charge is 0.272 e. The molecule has 3 rings (SSSR count). The van der Waals surface area contributed by atoms with Crippen LogP contribution in [-0.4, -0.2) is 16.5 Å². The van der Waals surface area contributed by atoms with Crippen LogP contribution in [0.25, 0.3) is 22.4 Å². The highest BCUT2D eigenvalue weighted by Crippen LogP contribution is 2.28. The summed E-state index contributed by atoms with van der Waals surface area (Å²) in [6.07, 6.45) is 2.00. The van der Waals surface area contributed by atoms with Crippen molar-refractivity contribution in [1.29, 1.82) is 0 Å². The molecule has 0 amide bonds. The molecule has 0 saturated carbocycles. The lowest BCUT2D eigenvalue weighted by atomic mass is 10.0. The van der Waals surface area contributed by atoms with Gasteiger partial charge in [0.05, 0.1) is 11.3 Å². The van der Waals surface area contributed by atoms with Crippen molar-refractivity contribution in [2.75, 3.05) is 6.26 Å². The predicted octanol–water partition coefficient (Wildman–Crippen LogP) is 3.90. The lowest BCUT2D eigenvalue weighted by molar-refractivity contribution is 0.628. The average Bonchev–Trinajstić information content (AvgIpc) is 2.90. The first-order valence-corrected chi connectivity index (χ1v) is 7.62. The summed E-state index contributed by atoms with van der Waals surface area (Å²) in [5.41, 5.74) is 2.63. The van der Waals surface area contributed by atoms with Gasteiger partial charge >= 0.3 is 0 Å². The molecular weight excluding hydrogens is 287 g/mol. The molecule has 0 aliphatic carbocycles. The van der Waals surface area contributed by atoms with Crippen molar-refractivity contribution in [1.82, 2.24) is 10.2 Å². The minimum atomic E-state index is -0.303. The van der Waals surface area contributed by atoms with E-state index in [9.17, 15) is 9.18 Å². The van der Waals surface area contributed by atoms with Crippen molar-refractivity contribution in [3.05, 3.63) is 64.7 Å². The van der Waals surface area contributed by atoms with E-state index in [4.69, 9.17) is 0 Å². The van der Waals surface area contributed by atoms with Crippen LogP contribution in [0.5, 0.6) is 0 Å². The van der Waals surface area contributed by atoms with Gasteiger partial charge in [0.1, 0.15) is 5.82 Å². The fourth-order valence-corrected chi connectivity index (χ4v) is 2.63. The highest BCUT2D eigenvalue weighted by atomic mass is 32.2. The molecule has 0 bridgehead atoms. The Labute approximate surface area is 125 Å². The fraction of sp³-hybridized carbons (Fsp3) is 0.0625. The first kappa shape index (κ1) is 13.7. The van der Waals surface area contributed by atoms with Gasteiger partial charge in [0.25, 0.3) is 5.56 Å². The van der Waals surface area contributed by atoms with Crippen molar-refractivity contribution in [2.45, 2.75) is 4.90 Å². The van der Waals surface area contributed by atoms with Crippen LogP contribution in [-0.2, 0) is 0 Å². The molecule has 1 aromatic heterocycles. The van der Waals surface area contributed by atoms with Gasteiger partial charge in [-0.25, -0.2) is 4.39 Å². The van der Waals surface area contributed by atoms with Crippen molar-refractivity contribution in [2.24, 2.45) is 0 Å². The van der Waals surface area contributed by atoms with E-state index >= 15 is 0 Å². The molecule has 0 atom stereocenters. The Bertz CT molecular complexity index is 804. The molecule has 2 aromatic carbocycles. The number of nitrogens with one attached hydrogen (secondary N) is 2. The zero-order valence-electron chi connectivity index (χ0n) is 11.3. The zero-order valence-corrected chi connectivity index (χ0v) is 12.1. The highest BCUT2D eigenvalue weighted by molar-refractivity contribution is 7.98. The minimum absolute atomic E-state index is 0.189. The van der Waals surface area contributed by atoms with Crippen LogP contribution < -0.4 is 5.56 Å². The Balaban J connectivity index is 2.12. The lowest BCUT2D eigenvalue weighted by Gasteiger charge is -2.04. The van der Waals surface area contributed by atoms with E-state index in [1.54, 1.807) is 23.9 Å². The molecule has 0 radical (unpaired) electrons. The van der Waals surface area contributed by atoms with Crippen LogP contribution in [0.1, 0.15) is 0 Å². The molecule has 106 valence electrons. The molecule has 3 aromatic rings. The number of thioether (sulfide) groups is 1. The maximum Gasteiger partial charge on any atom is 0.272 e. The number of hydrogen-bond donors (Lipinski definition) is 2. The summed E-state index contributed by atoms with van der Waals surface area (Å²) in [6.45, 7) is 0. The number of aromatic nitrogens is 2. The molecule has 0 spiro atoms. The van der Waals surface area contributed by atoms with Crippen molar-refractivity contribution >= 4 is 11.8 Å². The maximum absolute atomic E-state index is 13.0. The zero-order chi connectivity index (χ0) is 14.8. The Kier molecular flexibility index (Phi) is 3.66. The first-order valence-electron chi connectivity index (χ1n) is 6.40. The molecule has 0 fully saturated rings. The SMILES string of the molecule is CSc1ccc(-c2c(-c3ccc(F)cc3)[nH][nH]c2=O)cc1. The van der Waals surface area contributed by atoms with Gasteiger partial charge in [-0.1, -0.05) is 12.1 Å². The molecule has 0 saturated heterocycles. The largest absolute Gasteiger partial charge is 0.297 e. The third-order valence-corrected chi connectivity index (χ3v) is 4.03. The maximum atomic E-state index is 13.0. The van der Waals surface area contributed by atoms with Crippen LogP contribution in [0.2, 0.25) is 0 Å². The van der Waals surface area contributed by atoms with E-state index in [-0.39, 0.29) is 11.4 Å². The van der Waals surface area contributed by atoms with Gasteiger partial charge in [0, 0.05) is 10.5 Å². The number of halogens is 1. The minimum Gasteiger partial charge on any atom is -0.297 e. The van der Waals surface area contributed by atoms with Crippen LogP contribution >= 0.6 is 11.8 Å². The topological polar surface area (TPSA) is 48.6 Å². The molecule has 2 N–H and O–H groups in total. The molecule has 0 unspecified atom stereocenters. The Hall–Kier alpha value is -2.27. The van der Waals surface area contributed by atoms with Crippen LogP contribution in [0, 0.1) is 5.82 Å². The number of benzene rings is 2. The number of rotatable bonds is 3. The summed E-state index contributed by atoms with van der Waals surface area (Å²) in [4.78, 5) is 13.2. The van der Waals surface area contributed by atoms with Gasteiger partial charge in [0.15, 0.2) is 0 Å². The first-order chi connectivity index (χ1) is 10.2. The molecule has 0 aliphatic rings. The summed E-state index contributed by atoms with van der Waals surface area (Å²) < 4.78 is 13.0. The summed E-state index contributed by atoms with van der Waals surface area (Å²) in [6, 6.07) is 13.8. The van der Waals surface area contributed by atoms with E-state index in [1.165, 1.54) is 12.1 Å². The van der Waals surface area contributed by atoms with Crippen molar-refractivity contribution < 1.29 is 4.39 Å². The van der Waals surface area contributed by atoms with Gasteiger partial charge in [-0.05, 0) is 48.2 Å². The third-order valence-electron chi connectivity index (χ3n) is 3.29. The number of H-pyrrole nitrogens is 2. The van der Waals surface area contributed by atoms with Crippen molar-refractivity contribution in [3.63, 3.8) is 0 Å².